The van der Waals surface area contributed by atoms with E-state index in [0.717, 1.165) is 13.0 Å². The number of amides is 2. The van der Waals surface area contributed by atoms with Gasteiger partial charge in [0, 0.05) is 0 Å². The van der Waals surface area contributed by atoms with Crippen molar-refractivity contribution in [2.45, 2.75) is 39.7 Å². The highest BCUT2D eigenvalue weighted by Crippen LogP contribution is 2.04. The number of hydrogen-bond acceptors (Lipinski definition) is 4. The van der Waals surface area contributed by atoms with Crippen LogP contribution in [-0.2, 0) is 9.59 Å². The average molecular weight is 245 g/mol. The highest BCUT2D eigenvalue weighted by Gasteiger charge is 2.19. The Morgan fingerprint density at radius 1 is 1.29 bits per heavy atom. The fourth-order valence-electron chi connectivity index (χ4n) is 1.40. The molecule has 0 aromatic rings. The van der Waals surface area contributed by atoms with Crippen molar-refractivity contribution in [1.82, 2.24) is 16.1 Å². The van der Waals surface area contributed by atoms with Crippen molar-refractivity contribution in [2.24, 2.45) is 5.92 Å². The van der Waals surface area contributed by atoms with Crippen molar-refractivity contribution in [2.75, 3.05) is 13.1 Å². The second-order valence-electron chi connectivity index (χ2n) is 4.39. The van der Waals surface area contributed by atoms with E-state index in [1.54, 1.807) is 0 Å². The molecule has 100 valence electrons. The molecule has 4 N–H and O–H groups in total. The Balaban J connectivity index is 4.16. The maximum Gasteiger partial charge on any atom is 0.262 e. The minimum absolute atomic E-state index is 0.211. The molecule has 0 aliphatic heterocycles. The Kier molecular flexibility index (Phi) is 8.35. The first-order chi connectivity index (χ1) is 8.01. The molecule has 0 aromatic carbocycles. The van der Waals surface area contributed by atoms with E-state index in [1.165, 1.54) is 5.48 Å². The smallest absolute Gasteiger partial charge is 0.262 e. The molecule has 0 aliphatic carbocycles. The predicted molar refractivity (Wildman–Crippen MR) is 64.5 cm³/mol. The molecular weight excluding hydrogens is 222 g/mol. The summed E-state index contributed by atoms with van der Waals surface area (Å²) in [4.78, 5) is 22.5. The van der Waals surface area contributed by atoms with Crippen LogP contribution in [0.1, 0.15) is 33.6 Å². The van der Waals surface area contributed by atoms with Gasteiger partial charge in [0.2, 0.25) is 5.91 Å². The third-order valence-electron chi connectivity index (χ3n) is 2.21. The summed E-state index contributed by atoms with van der Waals surface area (Å²) in [6, 6.07) is -0.290. The van der Waals surface area contributed by atoms with Crippen LogP contribution in [0, 0.1) is 5.92 Å². The van der Waals surface area contributed by atoms with Crippen LogP contribution >= 0.6 is 0 Å². The zero-order chi connectivity index (χ0) is 13.3. The Labute approximate surface area is 102 Å². The lowest BCUT2D eigenvalue weighted by Gasteiger charge is -2.19. The molecule has 0 rings (SSSR count). The molecule has 0 bridgehead atoms. The van der Waals surface area contributed by atoms with Crippen LogP contribution in [0.25, 0.3) is 0 Å². The molecule has 17 heavy (non-hydrogen) atoms. The molecule has 6 heteroatoms. The molecule has 0 spiro atoms. The SMILES string of the molecule is CCCN[C@@H](CC(C)C)C(=O)NCC(=O)NO. The number of carbonyl (C=O) groups is 2. The Hall–Kier alpha value is -1.14. The van der Waals surface area contributed by atoms with Crippen LogP contribution < -0.4 is 16.1 Å². The van der Waals surface area contributed by atoms with Gasteiger partial charge in [-0.15, -0.1) is 0 Å². The second-order valence-corrected chi connectivity index (χ2v) is 4.39. The third-order valence-corrected chi connectivity index (χ3v) is 2.21. The lowest BCUT2D eigenvalue weighted by atomic mass is 10.0. The summed E-state index contributed by atoms with van der Waals surface area (Å²) in [5.41, 5.74) is 1.47. The molecule has 0 saturated carbocycles. The molecule has 0 unspecified atom stereocenters. The molecule has 2 amide bonds. The van der Waals surface area contributed by atoms with Crippen molar-refractivity contribution in [3.8, 4) is 0 Å². The first kappa shape index (κ1) is 15.9. The molecular formula is C11H23N3O3. The molecule has 0 aromatic heterocycles. The van der Waals surface area contributed by atoms with Crippen molar-refractivity contribution < 1.29 is 14.8 Å². The normalized spacial score (nSPS) is 12.3. The van der Waals surface area contributed by atoms with Gasteiger partial charge >= 0.3 is 0 Å². The van der Waals surface area contributed by atoms with Crippen molar-refractivity contribution >= 4 is 11.8 Å². The van der Waals surface area contributed by atoms with Gasteiger partial charge in [-0.25, -0.2) is 5.48 Å². The van der Waals surface area contributed by atoms with Gasteiger partial charge in [0.25, 0.3) is 5.91 Å². The predicted octanol–water partition coefficient (Wildman–Crippen LogP) is 0.0223. The third kappa shape index (κ3) is 7.70. The Bertz CT molecular complexity index is 244. The molecule has 6 nitrogen and oxygen atoms in total. The summed E-state index contributed by atoms with van der Waals surface area (Å²) in [5, 5.41) is 13.9. The zero-order valence-electron chi connectivity index (χ0n) is 10.7. The molecule has 0 saturated heterocycles. The maximum absolute atomic E-state index is 11.8. The molecule has 0 fully saturated rings. The van der Waals surface area contributed by atoms with E-state index in [4.69, 9.17) is 5.21 Å². The number of hydroxylamine groups is 1. The summed E-state index contributed by atoms with van der Waals surface area (Å²) in [6.07, 6.45) is 1.66. The van der Waals surface area contributed by atoms with Gasteiger partial charge in [0.1, 0.15) is 0 Å². The zero-order valence-corrected chi connectivity index (χ0v) is 10.7. The molecule has 0 radical (unpaired) electrons. The van der Waals surface area contributed by atoms with Gasteiger partial charge in [0.15, 0.2) is 0 Å². The Morgan fingerprint density at radius 2 is 1.94 bits per heavy atom. The number of hydrogen-bond donors (Lipinski definition) is 4. The van der Waals surface area contributed by atoms with Crippen LogP contribution in [0.15, 0.2) is 0 Å². The van der Waals surface area contributed by atoms with E-state index < -0.39 is 5.91 Å². The lowest BCUT2D eigenvalue weighted by Crippen LogP contribution is -2.47. The van der Waals surface area contributed by atoms with Gasteiger partial charge in [0.05, 0.1) is 12.6 Å². The summed E-state index contributed by atoms with van der Waals surface area (Å²) < 4.78 is 0. The van der Waals surface area contributed by atoms with Gasteiger partial charge in [-0.05, 0) is 25.3 Å². The highest BCUT2D eigenvalue weighted by molar-refractivity contribution is 5.86. The van der Waals surface area contributed by atoms with Crippen molar-refractivity contribution in [1.29, 1.82) is 0 Å². The van der Waals surface area contributed by atoms with E-state index in [0.29, 0.717) is 12.3 Å². The van der Waals surface area contributed by atoms with Crippen LogP contribution in [0.4, 0.5) is 0 Å². The fourth-order valence-corrected chi connectivity index (χ4v) is 1.40. The average Bonchev–Trinajstić information content (AvgIpc) is 2.30. The molecule has 1 atom stereocenters. The largest absolute Gasteiger partial charge is 0.346 e. The second kappa shape index (κ2) is 8.95. The summed E-state index contributed by atoms with van der Waals surface area (Å²) in [6.45, 7) is 6.65. The standard InChI is InChI=1S/C11H23N3O3/c1-4-5-12-9(6-8(2)3)11(16)13-7-10(15)14-17/h8-9,12,17H,4-7H2,1-3H3,(H,13,16)(H,14,15)/t9-/m0/s1. The molecule has 0 heterocycles. The van der Waals surface area contributed by atoms with E-state index in [-0.39, 0.29) is 18.5 Å². The van der Waals surface area contributed by atoms with Crippen molar-refractivity contribution in [3.63, 3.8) is 0 Å². The van der Waals surface area contributed by atoms with Gasteiger partial charge < -0.3 is 10.6 Å². The first-order valence-corrected chi connectivity index (χ1v) is 5.95. The van der Waals surface area contributed by atoms with Crippen LogP contribution in [0.2, 0.25) is 0 Å². The quantitative estimate of drug-likeness (QED) is 0.358. The van der Waals surface area contributed by atoms with Gasteiger partial charge in [-0.1, -0.05) is 20.8 Å². The lowest BCUT2D eigenvalue weighted by molar-refractivity contribution is -0.131. The van der Waals surface area contributed by atoms with E-state index in [2.05, 4.69) is 10.6 Å². The topological polar surface area (TPSA) is 90.5 Å². The monoisotopic (exact) mass is 245 g/mol. The first-order valence-electron chi connectivity index (χ1n) is 5.95. The minimum atomic E-state index is -0.628. The van der Waals surface area contributed by atoms with Crippen LogP contribution in [0.3, 0.4) is 0 Å². The van der Waals surface area contributed by atoms with Gasteiger partial charge in [-0.3, -0.25) is 14.8 Å². The minimum Gasteiger partial charge on any atom is -0.346 e. The summed E-state index contributed by atoms with van der Waals surface area (Å²) >= 11 is 0. The highest BCUT2D eigenvalue weighted by atomic mass is 16.5. The number of carbonyl (C=O) groups excluding carboxylic acids is 2. The molecule has 0 aliphatic rings. The fraction of sp³-hybridized carbons (Fsp3) is 0.818. The number of rotatable bonds is 8. The Morgan fingerprint density at radius 3 is 2.41 bits per heavy atom. The van der Waals surface area contributed by atoms with Crippen LogP contribution in [0.5, 0.6) is 0 Å². The van der Waals surface area contributed by atoms with E-state index in [9.17, 15) is 9.59 Å². The van der Waals surface area contributed by atoms with E-state index >= 15 is 0 Å². The summed E-state index contributed by atoms with van der Waals surface area (Å²) in [5.74, 6) is -0.449. The van der Waals surface area contributed by atoms with Gasteiger partial charge in [-0.2, -0.15) is 0 Å². The van der Waals surface area contributed by atoms with Crippen LogP contribution in [-0.4, -0.2) is 36.2 Å². The maximum atomic E-state index is 11.8. The van der Waals surface area contributed by atoms with E-state index in [1.807, 2.05) is 20.8 Å². The van der Waals surface area contributed by atoms with Crippen molar-refractivity contribution in [3.05, 3.63) is 0 Å². The number of nitrogens with one attached hydrogen (secondary N) is 3. The summed E-state index contributed by atoms with van der Waals surface area (Å²) in [7, 11) is 0.